The Labute approximate surface area is 123 Å². The van der Waals surface area contributed by atoms with E-state index in [4.69, 9.17) is 9.47 Å². The molecule has 3 rings (SSSR count). The Balaban J connectivity index is 1.62. The highest BCUT2D eigenvalue weighted by Crippen LogP contribution is 2.26. The summed E-state index contributed by atoms with van der Waals surface area (Å²) in [5.74, 6) is 1.53. The van der Waals surface area contributed by atoms with Crippen molar-refractivity contribution in [3.05, 3.63) is 52.8 Å². The molecular formula is C17H17NO3. The van der Waals surface area contributed by atoms with Crippen LogP contribution in [0.4, 0.5) is 0 Å². The number of carbonyl (C=O) groups excluding carboxylic acids is 1. The largest absolute Gasteiger partial charge is 0.493 e. The van der Waals surface area contributed by atoms with Crippen molar-refractivity contribution in [2.24, 2.45) is 0 Å². The second kappa shape index (κ2) is 5.95. The molecule has 0 N–H and O–H groups in total. The van der Waals surface area contributed by atoms with Crippen LogP contribution in [0.25, 0.3) is 0 Å². The Hall–Kier alpha value is -2.36. The molecule has 0 amide bonds. The van der Waals surface area contributed by atoms with Crippen LogP contribution in [0.5, 0.6) is 11.5 Å². The van der Waals surface area contributed by atoms with Crippen molar-refractivity contribution in [1.29, 1.82) is 0 Å². The SMILES string of the molecule is Cc1ccc(OCCc2ccc3c(c2)CCO3)c(C=O)n1. The fourth-order valence-electron chi connectivity index (χ4n) is 2.44. The van der Waals surface area contributed by atoms with E-state index in [9.17, 15) is 4.79 Å². The van der Waals surface area contributed by atoms with Gasteiger partial charge in [0.05, 0.1) is 13.2 Å². The molecule has 108 valence electrons. The van der Waals surface area contributed by atoms with Crippen molar-refractivity contribution in [3.63, 3.8) is 0 Å². The lowest BCUT2D eigenvalue weighted by Crippen LogP contribution is -2.05. The summed E-state index contributed by atoms with van der Waals surface area (Å²) in [4.78, 5) is 15.1. The van der Waals surface area contributed by atoms with Gasteiger partial charge in [0.2, 0.25) is 0 Å². The number of aldehydes is 1. The van der Waals surface area contributed by atoms with Crippen LogP contribution in [0.15, 0.2) is 30.3 Å². The minimum absolute atomic E-state index is 0.359. The molecule has 4 nitrogen and oxygen atoms in total. The summed E-state index contributed by atoms with van der Waals surface area (Å²) in [6.07, 6.45) is 2.50. The lowest BCUT2D eigenvalue weighted by Gasteiger charge is -2.09. The lowest BCUT2D eigenvalue weighted by atomic mass is 10.1. The van der Waals surface area contributed by atoms with E-state index >= 15 is 0 Å². The number of carbonyl (C=O) groups is 1. The first-order chi connectivity index (χ1) is 10.3. The number of pyridine rings is 1. The van der Waals surface area contributed by atoms with Gasteiger partial charge in [0.1, 0.15) is 17.2 Å². The van der Waals surface area contributed by atoms with Crippen LogP contribution in [0.2, 0.25) is 0 Å². The van der Waals surface area contributed by atoms with Crippen LogP contribution in [-0.4, -0.2) is 24.5 Å². The number of aryl methyl sites for hydroxylation is 1. The second-order valence-corrected chi connectivity index (χ2v) is 5.09. The number of benzene rings is 1. The van der Waals surface area contributed by atoms with Gasteiger partial charge in [0.25, 0.3) is 0 Å². The summed E-state index contributed by atoms with van der Waals surface area (Å²) in [6, 6.07) is 9.88. The monoisotopic (exact) mass is 283 g/mol. The van der Waals surface area contributed by atoms with Crippen molar-refractivity contribution >= 4 is 6.29 Å². The number of fused-ring (bicyclic) bond motifs is 1. The van der Waals surface area contributed by atoms with E-state index in [1.807, 2.05) is 19.1 Å². The van der Waals surface area contributed by atoms with E-state index < -0.39 is 0 Å². The predicted molar refractivity (Wildman–Crippen MR) is 79.2 cm³/mol. The van der Waals surface area contributed by atoms with Gasteiger partial charge in [-0.15, -0.1) is 0 Å². The minimum atomic E-state index is 0.359. The standard InChI is InChI=1S/C17H17NO3/c1-12-2-4-17(15(11-19)18-12)21-8-6-13-3-5-16-14(10-13)7-9-20-16/h2-5,10-11H,6-9H2,1H3. The van der Waals surface area contributed by atoms with Gasteiger partial charge in [0, 0.05) is 18.5 Å². The van der Waals surface area contributed by atoms with Gasteiger partial charge in [-0.1, -0.05) is 12.1 Å². The van der Waals surface area contributed by atoms with E-state index in [1.165, 1.54) is 11.1 Å². The third-order valence-electron chi connectivity index (χ3n) is 3.54. The maximum Gasteiger partial charge on any atom is 0.172 e. The molecule has 4 heteroatoms. The van der Waals surface area contributed by atoms with Crippen molar-refractivity contribution in [3.8, 4) is 11.5 Å². The molecular weight excluding hydrogens is 266 g/mol. The molecule has 0 saturated heterocycles. The fraction of sp³-hybridized carbons (Fsp3) is 0.294. The molecule has 21 heavy (non-hydrogen) atoms. The van der Waals surface area contributed by atoms with Gasteiger partial charge >= 0.3 is 0 Å². The molecule has 0 radical (unpaired) electrons. The summed E-state index contributed by atoms with van der Waals surface area (Å²) in [6.45, 7) is 3.14. The molecule has 0 spiro atoms. The van der Waals surface area contributed by atoms with Crippen molar-refractivity contribution < 1.29 is 14.3 Å². The average molecular weight is 283 g/mol. The van der Waals surface area contributed by atoms with Crippen LogP contribution >= 0.6 is 0 Å². The van der Waals surface area contributed by atoms with E-state index in [0.29, 0.717) is 18.1 Å². The zero-order valence-electron chi connectivity index (χ0n) is 12.0. The number of ether oxygens (including phenoxy) is 2. The van der Waals surface area contributed by atoms with Crippen LogP contribution in [0.1, 0.15) is 27.3 Å². The number of hydrogen-bond donors (Lipinski definition) is 0. The smallest absolute Gasteiger partial charge is 0.172 e. The highest BCUT2D eigenvalue weighted by atomic mass is 16.5. The Morgan fingerprint density at radius 3 is 3.10 bits per heavy atom. The first kappa shape index (κ1) is 13.6. The van der Waals surface area contributed by atoms with Gasteiger partial charge in [-0.25, -0.2) is 4.98 Å². The molecule has 0 unspecified atom stereocenters. The van der Waals surface area contributed by atoms with E-state index in [0.717, 1.165) is 37.2 Å². The van der Waals surface area contributed by atoms with Gasteiger partial charge in [-0.2, -0.15) is 0 Å². The van der Waals surface area contributed by atoms with E-state index in [2.05, 4.69) is 17.1 Å². The first-order valence-corrected chi connectivity index (χ1v) is 7.06. The molecule has 0 aliphatic carbocycles. The maximum atomic E-state index is 11.0. The fourth-order valence-corrected chi connectivity index (χ4v) is 2.44. The average Bonchev–Trinajstić information content (AvgIpc) is 2.96. The first-order valence-electron chi connectivity index (χ1n) is 7.06. The summed E-state index contributed by atoms with van der Waals surface area (Å²) in [5.41, 5.74) is 3.64. The third kappa shape index (κ3) is 3.05. The molecule has 2 heterocycles. The normalized spacial score (nSPS) is 12.6. The van der Waals surface area contributed by atoms with Gasteiger partial charge < -0.3 is 9.47 Å². The van der Waals surface area contributed by atoms with E-state index in [-0.39, 0.29) is 0 Å². The molecule has 1 aromatic heterocycles. The van der Waals surface area contributed by atoms with Gasteiger partial charge in [0.15, 0.2) is 6.29 Å². The maximum absolute atomic E-state index is 11.0. The van der Waals surface area contributed by atoms with Crippen molar-refractivity contribution in [2.75, 3.05) is 13.2 Å². The van der Waals surface area contributed by atoms with E-state index in [1.54, 1.807) is 6.07 Å². The molecule has 0 saturated carbocycles. The lowest BCUT2D eigenvalue weighted by molar-refractivity contribution is 0.111. The molecule has 0 fully saturated rings. The summed E-state index contributed by atoms with van der Waals surface area (Å²) < 4.78 is 11.2. The number of nitrogens with zero attached hydrogens (tertiary/aromatic N) is 1. The highest BCUT2D eigenvalue weighted by molar-refractivity contribution is 5.76. The van der Waals surface area contributed by atoms with Crippen molar-refractivity contribution in [1.82, 2.24) is 4.98 Å². The Morgan fingerprint density at radius 1 is 1.33 bits per heavy atom. The van der Waals surface area contributed by atoms with Crippen molar-refractivity contribution in [2.45, 2.75) is 19.8 Å². The number of rotatable bonds is 5. The quantitative estimate of drug-likeness (QED) is 0.792. The Morgan fingerprint density at radius 2 is 2.24 bits per heavy atom. The zero-order valence-corrected chi connectivity index (χ0v) is 12.0. The molecule has 0 atom stereocenters. The third-order valence-corrected chi connectivity index (χ3v) is 3.54. The molecule has 1 aliphatic rings. The van der Waals surface area contributed by atoms with Crippen LogP contribution in [0, 0.1) is 6.92 Å². The van der Waals surface area contributed by atoms with Crippen LogP contribution in [-0.2, 0) is 12.8 Å². The topological polar surface area (TPSA) is 48.4 Å². The molecule has 2 aromatic rings. The van der Waals surface area contributed by atoms with Gasteiger partial charge in [-0.3, -0.25) is 4.79 Å². The zero-order chi connectivity index (χ0) is 14.7. The molecule has 1 aliphatic heterocycles. The molecule has 0 bridgehead atoms. The van der Waals surface area contributed by atoms with Gasteiger partial charge in [-0.05, 0) is 36.2 Å². The second-order valence-electron chi connectivity index (χ2n) is 5.09. The number of hydrogen-bond acceptors (Lipinski definition) is 4. The minimum Gasteiger partial charge on any atom is -0.493 e. The van der Waals surface area contributed by atoms with Crippen LogP contribution in [0.3, 0.4) is 0 Å². The summed E-state index contributed by atoms with van der Waals surface area (Å²) >= 11 is 0. The Kier molecular flexibility index (Phi) is 3.86. The highest BCUT2D eigenvalue weighted by Gasteiger charge is 2.12. The van der Waals surface area contributed by atoms with Crippen LogP contribution < -0.4 is 9.47 Å². The molecule has 1 aromatic carbocycles. The Bertz CT molecular complexity index is 667. The predicted octanol–water partition coefficient (Wildman–Crippen LogP) is 2.76. The summed E-state index contributed by atoms with van der Waals surface area (Å²) in [5, 5.41) is 0. The summed E-state index contributed by atoms with van der Waals surface area (Å²) in [7, 11) is 0. The number of aromatic nitrogens is 1.